The minimum atomic E-state index is -0.189. The van der Waals surface area contributed by atoms with E-state index in [-0.39, 0.29) is 12.5 Å². The van der Waals surface area contributed by atoms with Crippen LogP contribution in [0.4, 0.5) is 0 Å². The molecule has 31 heavy (non-hydrogen) atoms. The van der Waals surface area contributed by atoms with Gasteiger partial charge in [0.2, 0.25) is 0 Å². The van der Waals surface area contributed by atoms with Gasteiger partial charge in [-0.2, -0.15) is 5.10 Å². The zero-order valence-electron chi connectivity index (χ0n) is 16.8. The summed E-state index contributed by atoms with van der Waals surface area (Å²) in [7, 11) is 0. The highest BCUT2D eigenvalue weighted by atomic mass is 16.5. The monoisotopic (exact) mass is 414 g/mol. The molecule has 0 atom stereocenters. The molecule has 7 nitrogen and oxygen atoms in total. The van der Waals surface area contributed by atoms with Gasteiger partial charge in [-0.3, -0.25) is 4.79 Å². The molecule has 0 spiro atoms. The molecule has 0 radical (unpaired) electrons. The van der Waals surface area contributed by atoms with Crippen molar-refractivity contribution in [2.24, 2.45) is 0 Å². The number of para-hydroxylation sites is 1. The second-order valence-electron chi connectivity index (χ2n) is 6.86. The quantitative estimate of drug-likeness (QED) is 0.451. The van der Waals surface area contributed by atoms with Crippen molar-refractivity contribution >= 4 is 5.91 Å². The molecule has 0 saturated carbocycles. The van der Waals surface area contributed by atoms with Gasteiger partial charge in [-0.25, -0.2) is 9.67 Å². The molecule has 1 N–H and O–H groups in total. The predicted molar refractivity (Wildman–Crippen MR) is 116 cm³/mol. The third-order valence-corrected chi connectivity index (χ3v) is 4.46. The van der Waals surface area contributed by atoms with Crippen LogP contribution >= 0.6 is 0 Å². The van der Waals surface area contributed by atoms with E-state index in [0.717, 1.165) is 16.9 Å². The molecule has 0 fully saturated rings. The van der Waals surface area contributed by atoms with Gasteiger partial charge in [-0.05, 0) is 47.5 Å². The lowest BCUT2D eigenvalue weighted by Crippen LogP contribution is -2.28. The maximum absolute atomic E-state index is 12.2. The second kappa shape index (κ2) is 10.1. The maximum atomic E-state index is 12.2. The predicted octanol–water partition coefficient (Wildman–Crippen LogP) is 3.81. The van der Waals surface area contributed by atoms with Gasteiger partial charge in [-0.15, -0.1) is 0 Å². The first-order valence-corrected chi connectivity index (χ1v) is 9.87. The van der Waals surface area contributed by atoms with Crippen LogP contribution in [0.2, 0.25) is 0 Å². The van der Waals surface area contributed by atoms with E-state index in [0.29, 0.717) is 24.6 Å². The van der Waals surface area contributed by atoms with Gasteiger partial charge in [0.25, 0.3) is 5.91 Å². The maximum Gasteiger partial charge on any atom is 0.258 e. The fourth-order valence-corrected chi connectivity index (χ4v) is 2.97. The molecule has 4 rings (SSSR count). The summed E-state index contributed by atoms with van der Waals surface area (Å²) in [5, 5.41) is 6.98. The summed E-state index contributed by atoms with van der Waals surface area (Å²) in [5.41, 5.74) is 2.10. The van der Waals surface area contributed by atoms with Crippen molar-refractivity contribution in [2.75, 3.05) is 6.61 Å². The number of amides is 1. The smallest absolute Gasteiger partial charge is 0.258 e. The summed E-state index contributed by atoms with van der Waals surface area (Å²) in [6, 6.07) is 24.7. The lowest BCUT2D eigenvalue weighted by atomic mass is 10.1. The number of hydrogen-bond donors (Lipinski definition) is 1. The molecule has 0 aliphatic carbocycles. The summed E-state index contributed by atoms with van der Waals surface area (Å²) < 4.78 is 13.1. The van der Waals surface area contributed by atoms with E-state index in [9.17, 15) is 4.79 Å². The molecule has 0 aliphatic heterocycles. The van der Waals surface area contributed by atoms with Gasteiger partial charge in [0.1, 0.15) is 29.9 Å². The average Bonchev–Trinajstić information content (AvgIpc) is 3.31. The number of ether oxygens (including phenoxy) is 2. The average molecular weight is 414 g/mol. The molecule has 1 aromatic heterocycles. The summed E-state index contributed by atoms with van der Waals surface area (Å²) in [6.07, 6.45) is 3.18. The minimum absolute atomic E-state index is 0.0580. The highest BCUT2D eigenvalue weighted by Crippen LogP contribution is 2.23. The molecule has 3 aromatic carbocycles. The first-order chi connectivity index (χ1) is 15.2. The van der Waals surface area contributed by atoms with Crippen LogP contribution in [0.25, 0.3) is 0 Å². The van der Waals surface area contributed by atoms with Crippen LogP contribution in [0.1, 0.15) is 11.1 Å². The Morgan fingerprint density at radius 3 is 2.39 bits per heavy atom. The Bertz CT molecular complexity index is 1100. The molecule has 156 valence electrons. The number of nitrogens with zero attached hydrogens (tertiary/aromatic N) is 3. The van der Waals surface area contributed by atoms with Gasteiger partial charge in [0.15, 0.2) is 6.61 Å². The van der Waals surface area contributed by atoms with E-state index >= 15 is 0 Å². The number of hydrogen-bond acceptors (Lipinski definition) is 5. The van der Waals surface area contributed by atoms with Crippen molar-refractivity contribution in [3.05, 3.63) is 103 Å². The lowest BCUT2D eigenvalue weighted by molar-refractivity contribution is -0.123. The van der Waals surface area contributed by atoms with Crippen LogP contribution in [-0.2, 0) is 17.9 Å². The van der Waals surface area contributed by atoms with Gasteiger partial charge < -0.3 is 14.8 Å². The number of benzene rings is 3. The van der Waals surface area contributed by atoms with Crippen LogP contribution < -0.4 is 14.8 Å². The molecule has 0 saturated heterocycles. The van der Waals surface area contributed by atoms with Crippen molar-refractivity contribution < 1.29 is 14.3 Å². The van der Waals surface area contributed by atoms with Gasteiger partial charge in [0, 0.05) is 6.54 Å². The van der Waals surface area contributed by atoms with Crippen LogP contribution in [0, 0.1) is 0 Å². The Morgan fingerprint density at radius 1 is 0.871 bits per heavy atom. The Hall–Kier alpha value is -4.13. The zero-order chi connectivity index (χ0) is 21.3. The fourth-order valence-electron chi connectivity index (χ4n) is 2.97. The van der Waals surface area contributed by atoms with E-state index < -0.39 is 0 Å². The molecule has 0 bridgehead atoms. The van der Waals surface area contributed by atoms with Crippen LogP contribution in [0.15, 0.2) is 91.5 Å². The number of nitrogens with one attached hydrogen (secondary N) is 1. The van der Waals surface area contributed by atoms with Gasteiger partial charge in [-0.1, -0.05) is 42.5 Å². The molecule has 0 unspecified atom stereocenters. The SMILES string of the molecule is O=C(COc1ccc(Oc2ccccc2)cc1)NCc1cccc(Cn2cncn2)c1. The third-order valence-electron chi connectivity index (χ3n) is 4.46. The molecule has 0 aliphatic rings. The summed E-state index contributed by atoms with van der Waals surface area (Å²) >= 11 is 0. The Kier molecular flexibility index (Phi) is 6.54. The summed E-state index contributed by atoms with van der Waals surface area (Å²) in [6.45, 7) is 1.00. The van der Waals surface area contributed by atoms with Crippen molar-refractivity contribution in [3.63, 3.8) is 0 Å². The third kappa shape index (κ3) is 6.17. The Balaban J connectivity index is 1.22. The minimum Gasteiger partial charge on any atom is -0.484 e. The fraction of sp³-hybridized carbons (Fsp3) is 0.125. The standard InChI is InChI=1S/C24H22N4O3/c29-24(26-14-19-5-4-6-20(13-19)15-28-18-25-17-27-28)16-30-21-9-11-23(12-10-21)31-22-7-2-1-3-8-22/h1-13,17-18H,14-16H2,(H,26,29). The molecular weight excluding hydrogens is 392 g/mol. The number of rotatable bonds is 9. The normalized spacial score (nSPS) is 10.5. The molecule has 7 heteroatoms. The van der Waals surface area contributed by atoms with Crippen molar-refractivity contribution in [2.45, 2.75) is 13.1 Å². The molecule has 1 heterocycles. The van der Waals surface area contributed by atoms with Gasteiger partial charge >= 0.3 is 0 Å². The van der Waals surface area contributed by atoms with Crippen LogP contribution in [-0.4, -0.2) is 27.3 Å². The second-order valence-corrected chi connectivity index (χ2v) is 6.86. The number of aromatic nitrogens is 3. The Morgan fingerprint density at radius 2 is 1.61 bits per heavy atom. The van der Waals surface area contributed by atoms with Crippen molar-refractivity contribution in [1.82, 2.24) is 20.1 Å². The number of carbonyl (C=O) groups excluding carboxylic acids is 1. The summed E-state index contributed by atoms with van der Waals surface area (Å²) in [4.78, 5) is 16.1. The van der Waals surface area contributed by atoms with Crippen LogP contribution in [0.5, 0.6) is 17.2 Å². The Labute approximate surface area is 180 Å². The largest absolute Gasteiger partial charge is 0.484 e. The lowest BCUT2D eigenvalue weighted by Gasteiger charge is -2.10. The zero-order valence-corrected chi connectivity index (χ0v) is 16.8. The summed E-state index contributed by atoms with van der Waals surface area (Å²) in [5.74, 6) is 1.88. The van der Waals surface area contributed by atoms with E-state index in [2.05, 4.69) is 15.4 Å². The molecule has 4 aromatic rings. The van der Waals surface area contributed by atoms with Crippen LogP contribution in [0.3, 0.4) is 0 Å². The topological polar surface area (TPSA) is 78.3 Å². The first kappa shape index (κ1) is 20.2. The van der Waals surface area contributed by atoms with Gasteiger partial charge in [0.05, 0.1) is 6.54 Å². The highest BCUT2D eigenvalue weighted by Gasteiger charge is 2.05. The first-order valence-electron chi connectivity index (χ1n) is 9.87. The van der Waals surface area contributed by atoms with Crippen molar-refractivity contribution in [1.29, 1.82) is 0 Å². The highest BCUT2D eigenvalue weighted by molar-refractivity contribution is 5.77. The number of carbonyl (C=O) groups is 1. The molecular formula is C24H22N4O3. The van der Waals surface area contributed by atoms with Crippen molar-refractivity contribution in [3.8, 4) is 17.2 Å². The van der Waals surface area contributed by atoms with E-state index in [4.69, 9.17) is 9.47 Å². The molecule has 1 amide bonds. The van der Waals surface area contributed by atoms with E-state index in [1.165, 1.54) is 6.33 Å². The van der Waals surface area contributed by atoms with E-state index in [1.54, 1.807) is 35.3 Å². The van der Waals surface area contributed by atoms with E-state index in [1.807, 2.05) is 54.6 Å².